The van der Waals surface area contributed by atoms with Crippen LogP contribution in [0.5, 0.6) is 0 Å². The fourth-order valence-electron chi connectivity index (χ4n) is 3.08. The molecule has 7 heteroatoms. The van der Waals surface area contributed by atoms with E-state index < -0.39 is 4.92 Å². The molecule has 0 unspecified atom stereocenters. The van der Waals surface area contributed by atoms with Gasteiger partial charge in [0.05, 0.1) is 10.6 Å². The topological polar surface area (TPSA) is 92.6 Å². The number of nitro groups is 1. The van der Waals surface area contributed by atoms with E-state index in [0.29, 0.717) is 50.1 Å². The normalized spacial score (nSPS) is 18.5. The second-order valence-corrected chi connectivity index (χ2v) is 5.76. The zero-order chi connectivity index (χ0) is 15.7. The third-order valence-corrected chi connectivity index (χ3v) is 4.37. The smallest absolute Gasteiger partial charge is 0.294 e. The number of aldehydes is 1. The van der Waals surface area contributed by atoms with Crippen LogP contribution in [0.2, 0.25) is 0 Å². The Kier molecular flexibility index (Phi) is 3.79. The van der Waals surface area contributed by atoms with E-state index in [2.05, 4.69) is 5.32 Å². The van der Waals surface area contributed by atoms with Crippen molar-refractivity contribution in [1.29, 1.82) is 0 Å². The van der Waals surface area contributed by atoms with Gasteiger partial charge in [0.1, 0.15) is 12.0 Å². The zero-order valence-corrected chi connectivity index (χ0v) is 12.1. The molecular formula is C15H17N3O4. The Morgan fingerprint density at radius 2 is 2.00 bits per heavy atom. The van der Waals surface area contributed by atoms with Crippen molar-refractivity contribution in [2.24, 2.45) is 5.92 Å². The Balaban J connectivity index is 1.94. The zero-order valence-electron chi connectivity index (χ0n) is 12.1. The summed E-state index contributed by atoms with van der Waals surface area (Å²) in [6.07, 6.45) is 3.39. The summed E-state index contributed by atoms with van der Waals surface area (Å²) in [6, 6.07) is 3.27. The van der Waals surface area contributed by atoms with Gasteiger partial charge in [0, 0.05) is 31.5 Å². The molecule has 7 nitrogen and oxygen atoms in total. The highest BCUT2D eigenvalue weighted by Crippen LogP contribution is 2.37. The summed E-state index contributed by atoms with van der Waals surface area (Å²) in [5.41, 5.74) is 2.06. The van der Waals surface area contributed by atoms with Crippen molar-refractivity contribution in [2.75, 3.05) is 23.3 Å². The summed E-state index contributed by atoms with van der Waals surface area (Å²) in [7, 11) is 0. The summed E-state index contributed by atoms with van der Waals surface area (Å²) >= 11 is 0. The molecule has 1 aromatic carbocycles. The highest BCUT2D eigenvalue weighted by Gasteiger charge is 2.28. The molecule has 0 radical (unpaired) electrons. The molecule has 0 spiro atoms. The van der Waals surface area contributed by atoms with Crippen molar-refractivity contribution in [2.45, 2.75) is 25.7 Å². The third-order valence-electron chi connectivity index (χ3n) is 4.37. The molecule has 0 saturated carbocycles. The minimum atomic E-state index is -0.414. The van der Waals surface area contributed by atoms with E-state index >= 15 is 0 Å². The minimum Gasteiger partial charge on any atom is -0.366 e. The molecule has 3 rings (SSSR count). The average Bonchev–Trinajstić information content (AvgIpc) is 2.53. The molecule has 0 aromatic heterocycles. The van der Waals surface area contributed by atoms with Crippen LogP contribution in [0.3, 0.4) is 0 Å². The third kappa shape index (κ3) is 2.66. The first-order valence-electron chi connectivity index (χ1n) is 7.40. The van der Waals surface area contributed by atoms with Crippen molar-refractivity contribution in [1.82, 2.24) is 0 Å². The molecule has 2 heterocycles. The molecule has 1 saturated heterocycles. The molecule has 1 fully saturated rings. The van der Waals surface area contributed by atoms with E-state index in [4.69, 9.17) is 0 Å². The van der Waals surface area contributed by atoms with Crippen molar-refractivity contribution in [3.63, 3.8) is 0 Å². The maximum atomic E-state index is 11.4. The lowest BCUT2D eigenvalue weighted by molar-refractivity contribution is -0.384. The minimum absolute atomic E-state index is 0.00510. The molecule has 2 aliphatic rings. The van der Waals surface area contributed by atoms with Gasteiger partial charge in [0.2, 0.25) is 5.91 Å². The Labute approximate surface area is 127 Å². The number of nitrogens with zero attached hydrogens (tertiary/aromatic N) is 2. The highest BCUT2D eigenvalue weighted by molar-refractivity contribution is 5.95. The molecule has 22 heavy (non-hydrogen) atoms. The standard InChI is InChI=1S/C15H17N3O4/c19-9-10-3-5-17(6-4-10)13-7-11-1-2-15(20)16-12(11)8-14(13)18(21)22/h7-10H,1-6H2,(H,16,20). The summed E-state index contributed by atoms with van der Waals surface area (Å²) < 4.78 is 0. The van der Waals surface area contributed by atoms with Crippen molar-refractivity contribution >= 4 is 29.3 Å². The van der Waals surface area contributed by atoms with Gasteiger partial charge in [-0.1, -0.05) is 0 Å². The number of amides is 1. The number of rotatable bonds is 3. The van der Waals surface area contributed by atoms with Crippen LogP contribution in [-0.2, 0) is 16.0 Å². The lowest BCUT2D eigenvalue weighted by atomic mass is 9.96. The summed E-state index contributed by atoms with van der Waals surface area (Å²) in [4.78, 5) is 35.2. The van der Waals surface area contributed by atoms with E-state index in [1.807, 2.05) is 11.0 Å². The molecule has 0 bridgehead atoms. The average molecular weight is 303 g/mol. The lowest BCUT2D eigenvalue weighted by Crippen LogP contribution is -2.34. The van der Waals surface area contributed by atoms with Gasteiger partial charge < -0.3 is 15.0 Å². The van der Waals surface area contributed by atoms with Gasteiger partial charge in [0.15, 0.2) is 0 Å². The SMILES string of the molecule is O=CC1CCN(c2cc3c(cc2[N+](=O)[O-])NC(=O)CC3)CC1. The quantitative estimate of drug-likeness (QED) is 0.523. The van der Waals surface area contributed by atoms with E-state index in [-0.39, 0.29) is 17.5 Å². The maximum absolute atomic E-state index is 11.4. The molecule has 116 valence electrons. The van der Waals surface area contributed by atoms with Crippen LogP contribution in [0.1, 0.15) is 24.8 Å². The van der Waals surface area contributed by atoms with E-state index in [9.17, 15) is 19.7 Å². The van der Waals surface area contributed by atoms with Gasteiger partial charge in [0.25, 0.3) is 5.69 Å². The molecule has 0 aliphatic carbocycles. The van der Waals surface area contributed by atoms with Gasteiger partial charge in [-0.15, -0.1) is 0 Å². The van der Waals surface area contributed by atoms with E-state index in [0.717, 1.165) is 11.8 Å². The van der Waals surface area contributed by atoms with Crippen LogP contribution >= 0.6 is 0 Å². The van der Waals surface area contributed by atoms with Gasteiger partial charge in [-0.05, 0) is 30.9 Å². The number of nitro benzene ring substituents is 1. The first-order valence-corrected chi connectivity index (χ1v) is 7.40. The molecule has 0 atom stereocenters. The monoisotopic (exact) mass is 303 g/mol. The summed E-state index contributed by atoms with van der Waals surface area (Å²) in [6.45, 7) is 1.27. The molecule has 2 aliphatic heterocycles. The van der Waals surface area contributed by atoms with Crippen LogP contribution in [-0.4, -0.2) is 30.2 Å². The van der Waals surface area contributed by atoms with Crippen LogP contribution in [0.15, 0.2) is 12.1 Å². The Bertz CT molecular complexity index is 636. The Hall–Kier alpha value is -2.44. The molecule has 1 aromatic rings. The van der Waals surface area contributed by atoms with E-state index in [1.165, 1.54) is 6.07 Å². The number of nitrogens with one attached hydrogen (secondary N) is 1. The highest BCUT2D eigenvalue weighted by atomic mass is 16.6. The number of piperidine rings is 1. The second-order valence-electron chi connectivity index (χ2n) is 5.76. The van der Waals surface area contributed by atoms with Crippen molar-refractivity contribution in [3.8, 4) is 0 Å². The predicted molar refractivity (Wildman–Crippen MR) is 81.0 cm³/mol. The second kappa shape index (κ2) is 5.75. The van der Waals surface area contributed by atoms with Gasteiger partial charge in [-0.2, -0.15) is 0 Å². The number of benzene rings is 1. The Morgan fingerprint density at radius 1 is 1.27 bits per heavy atom. The number of anilines is 2. The van der Waals surface area contributed by atoms with E-state index in [1.54, 1.807) is 0 Å². The predicted octanol–water partition coefficient (Wildman–Crippen LogP) is 1.89. The largest absolute Gasteiger partial charge is 0.366 e. The van der Waals surface area contributed by atoms with Crippen LogP contribution in [0, 0.1) is 16.0 Å². The number of hydrogen-bond donors (Lipinski definition) is 1. The first-order chi connectivity index (χ1) is 10.6. The Morgan fingerprint density at radius 3 is 2.64 bits per heavy atom. The van der Waals surface area contributed by atoms with Gasteiger partial charge in [-0.3, -0.25) is 14.9 Å². The summed E-state index contributed by atoms with van der Waals surface area (Å²) in [5.74, 6) is -0.0615. The summed E-state index contributed by atoms with van der Waals surface area (Å²) in [5, 5.41) is 14.1. The van der Waals surface area contributed by atoms with Crippen LogP contribution in [0.4, 0.5) is 17.1 Å². The number of hydrogen-bond acceptors (Lipinski definition) is 5. The number of aryl methyl sites for hydroxylation is 1. The van der Waals surface area contributed by atoms with Crippen LogP contribution in [0.25, 0.3) is 0 Å². The van der Waals surface area contributed by atoms with Gasteiger partial charge in [-0.25, -0.2) is 0 Å². The first kappa shape index (κ1) is 14.5. The van der Waals surface area contributed by atoms with Crippen molar-refractivity contribution < 1.29 is 14.5 Å². The molecule has 1 N–H and O–H groups in total. The molecule has 1 amide bonds. The lowest BCUT2D eigenvalue weighted by Gasteiger charge is -2.32. The van der Waals surface area contributed by atoms with Gasteiger partial charge >= 0.3 is 0 Å². The molecular weight excluding hydrogens is 286 g/mol. The maximum Gasteiger partial charge on any atom is 0.294 e. The number of fused-ring (bicyclic) bond motifs is 1. The fraction of sp³-hybridized carbons (Fsp3) is 0.467. The number of carbonyl (C=O) groups excluding carboxylic acids is 2. The fourth-order valence-corrected chi connectivity index (χ4v) is 3.08. The van der Waals surface area contributed by atoms with Crippen molar-refractivity contribution in [3.05, 3.63) is 27.8 Å². The van der Waals surface area contributed by atoms with Crippen LogP contribution < -0.4 is 10.2 Å². The number of carbonyl (C=O) groups is 2.